The Labute approximate surface area is 111 Å². The highest BCUT2D eigenvalue weighted by Gasteiger charge is 2.35. The average Bonchev–Trinajstić information content (AvgIpc) is 2.44. The molecule has 1 nitrogen and oxygen atoms in total. The highest BCUT2D eigenvalue weighted by Crippen LogP contribution is 2.44. The molecule has 0 N–H and O–H groups in total. The molecule has 0 radical (unpaired) electrons. The van der Waals surface area contributed by atoms with E-state index in [4.69, 9.17) is 11.2 Å². The van der Waals surface area contributed by atoms with Crippen molar-refractivity contribution in [3.05, 3.63) is 28.8 Å². The van der Waals surface area contributed by atoms with Crippen molar-refractivity contribution in [3.8, 4) is 18.1 Å². The molecular weight excluding hydrogens is 220 g/mol. The van der Waals surface area contributed by atoms with Crippen molar-refractivity contribution >= 4 is 0 Å². The monoisotopic (exact) mass is 242 g/mol. The van der Waals surface area contributed by atoms with Crippen LogP contribution in [-0.2, 0) is 11.8 Å². The molecule has 0 atom stereocenters. The second kappa shape index (κ2) is 5.06. The predicted molar refractivity (Wildman–Crippen MR) is 76.1 cm³/mol. The second-order valence-electron chi connectivity index (χ2n) is 5.09. The molecule has 0 saturated heterocycles. The smallest absolute Gasteiger partial charge is 0.123 e. The maximum Gasteiger partial charge on any atom is 0.123 e. The number of aryl methyl sites for hydroxylation is 1. The topological polar surface area (TPSA) is 9.23 Å². The number of rotatable bonds is 3. The fraction of sp³-hybridized carbons (Fsp3) is 0.529. The van der Waals surface area contributed by atoms with Crippen LogP contribution in [0.4, 0.5) is 0 Å². The third-order valence-electron chi connectivity index (χ3n) is 4.50. The molecule has 0 amide bonds. The third kappa shape index (κ3) is 1.90. The summed E-state index contributed by atoms with van der Waals surface area (Å²) in [4.78, 5) is 0. The van der Waals surface area contributed by atoms with Gasteiger partial charge in [0.05, 0.1) is 6.61 Å². The highest BCUT2D eigenvalue weighted by molar-refractivity contribution is 5.52. The molecule has 0 aromatic heterocycles. The van der Waals surface area contributed by atoms with Crippen molar-refractivity contribution in [2.75, 3.05) is 6.61 Å². The quantitative estimate of drug-likeness (QED) is 0.726. The van der Waals surface area contributed by atoms with Gasteiger partial charge in [-0.1, -0.05) is 26.7 Å². The van der Waals surface area contributed by atoms with Gasteiger partial charge < -0.3 is 4.74 Å². The van der Waals surface area contributed by atoms with Crippen molar-refractivity contribution in [1.82, 2.24) is 0 Å². The lowest BCUT2D eigenvalue weighted by atomic mass is 9.71. The maximum absolute atomic E-state index is 5.86. The number of ether oxygens (including phenoxy) is 1. The molecule has 2 rings (SSSR count). The summed E-state index contributed by atoms with van der Waals surface area (Å²) in [5.41, 5.74) is 3.84. The van der Waals surface area contributed by atoms with Crippen LogP contribution in [0.1, 0.15) is 56.7 Å². The van der Waals surface area contributed by atoms with Crippen molar-refractivity contribution < 1.29 is 4.74 Å². The lowest BCUT2D eigenvalue weighted by molar-refractivity contribution is 0.204. The van der Waals surface area contributed by atoms with Crippen molar-refractivity contribution in [1.29, 1.82) is 0 Å². The molecule has 0 spiro atoms. The Morgan fingerprint density at radius 1 is 1.28 bits per heavy atom. The van der Waals surface area contributed by atoms with E-state index in [-0.39, 0.29) is 5.41 Å². The second-order valence-corrected chi connectivity index (χ2v) is 5.09. The molecule has 18 heavy (non-hydrogen) atoms. The Morgan fingerprint density at radius 2 is 2.00 bits per heavy atom. The van der Waals surface area contributed by atoms with Crippen molar-refractivity contribution in [2.45, 2.75) is 51.9 Å². The van der Waals surface area contributed by atoms with Gasteiger partial charge in [-0.15, -0.1) is 6.42 Å². The lowest BCUT2D eigenvalue weighted by Crippen LogP contribution is -2.32. The Morgan fingerprint density at radius 3 is 2.56 bits per heavy atom. The van der Waals surface area contributed by atoms with E-state index >= 15 is 0 Å². The molecule has 0 unspecified atom stereocenters. The van der Waals surface area contributed by atoms with Crippen molar-refractivity contribution in [2.24, 2.45) is 0 Å². The van der Waals surface area contributed by atoms with E-state index in [1.807, 2.05) is 0 Å². The largest absolute Gasteiger partial charge is 0.493 e. The molecule has 0 fully saturated rings. The van der Waals surface area contributed by atoms with Crippen molar-refractivity contribution in [3.63, 3.8) is 0 Å². The average molecular weight is 242 g/mol. The van der Waals surface area contributed by atoms with Crippen LogP contribution in [0, 0.1) is 12.3 Å². The summed E-state index contributed by atoms with van der Waals surface area (Å²) < 4.78 is 5.86. The summed E-state index contributed by atoms with van der Waals surface area (Å²) in [6.45, 7) is 7.50. The molecule has 0 saturated carbocycles. The van der Waals surface area contributed by atoms with E-state index in [1.165, 1.54) is 11.1 Å². The minimum Gasteiger partial charge on any atom is -0.493 e. The Bertz CT molecular complexity index is 475. The van der Waals surface area contributed by atoms with E-state index in [1.54, 1.807) is 0 Å². The predicted octanol–water partition coefficient (Wildman–Crippen LogP) is 4.07. The normalized spacial score (nSPS) is 16.6. The van der Waals surface area contributed by atoms with Gasteiger partial charge in [-0.05, 0) is 43.4 Å². The van der Waals surface area contributed by atoms with Gasteiger partial charge in [0.1, 0.15) is 5.75 Å². The minimum atomic E-state index is 0.255. The number of hydrogen-bond acceptors (Lipinski definition) is 1. The van der Waals surface area contributed by atoms with E-state index in [0.717, 1.165) is 43.6 Å². The number of fused-ring (bicyclic) bond motifs is 1. The Kier molecular flexibility index (Phi) is 3.66. The van der Waals surface area contributed by atoms with Crippen LogP contribution in [0.2, 0.25) is 0 Å². The van der Waals surface area contributed by atoms with Gasteiger partial charge in [-0.3, -0.25) is 0 Å². The Balaban J connectivity index is 2.61. The number of terminal acetylenes is 1. The van der Waals surface area contributed by atoms with Gasteiger partial charge in [0.25, 0.3) is 0 Å². The SMILES string of the molecule is C#Cc1cc2c(cc1CC)OCCC2(CC)CC. The van der Waals surface area contributed by atoms with Gasteiger partial charge in [0, 0.05) is 16.5 Å². The summed E-state index contributed by atoms with van der Waals surface area (Å²) in [5.74, 6) is 3.88. The van der Waals surface area contributed by atoms with E-state index in [9.17, 15) is 0 Å². The number of hydrogen-bond donors (Lipinski definition) is 0. The van der Waals surface area contributed by atoms with Crippen LogP contribution >= 0.6 is 0 Å². The molecule has 1 aromatic carbocycles. The van der Waals surface area contributed by atoms with Gasteiger partial charge >= 0.3 is 0 Å². The summed E-state index contributed by atoms with van der Waals surface area (Å²) in [6, 6.07) is 4.35. The van der Waals surface area contributed by atoms with Crippen LogP contribution < -0.4 is 4.74 Å². The molecule has 1 aliphatic heterocycles. The third-order valence-corrected chi connectivity index (χ3v) is 4.50. The first-order valence-corrected chi connectivity index (χ1v) is 6.97. The zero-order valence-corrected chi connectivity index (χ0v) is 11.7. The molecule has 96 valence electrons. The summed E-state index contributed by atoms with van der Waals surface area (Å²) in [5, 5.41) is 0. The Hall–Kier alpha value is -1.42. The maximum atomic E-state index is 5.86. The molecule has 0 bridgehead atoms. The lowest BCUT2D eigenvalue weighted by Gasteiger charge is -2.38. The first-order chi connectivity index (χ1) is 8.70. The van der Waals surface area contributed by atoms with E-state index < -0.39 is 0 Å². The van der Waals surface area contributed by atoms with Crippen LogP contribution in [0.3, 0.4) is 0 Å². The molecule has 1 aromatic rings. The zero-order valence-electron chi connectivity index (χ0n) is 11.7. The van der Waals surface area contributed by atoms with Gasteiger partial charge in [0.15, 0.2) is 0 Å². The van der Waals surface area contributed by atoms with Crippen LogP contribution in [-0.4, -0.2) is 6.61 Å². The molecule has 1 aliphatic rings. The van der Waals surface area contributed by atoms with Gasteiger partial charge in [-0.25, -0.2) is 0 Å². The zero-order chi connectivity index (χ0) is 13.2. The molecular formula is C17H22O. The van der Waals surface area contributed by atoms with E-state index in [2.05, 4.69) is 38.8 Å². The highest BCUT2D eigenvalue weighted by atomic mass is 16.5. The summed E-state index contributed by atoms with van der Waals surface area (Å²) in [6.07, 6.45) is 10.00. The van der Waals surface area contributed by atoms with Crippen LogP contribution in [0.15, 0.2) is 12.1 Å². The standard InChI is InChI=1S/C17H22O/c1-5-13-11-15-16(12-14(13)6-2)18-10-9-17(15,7-3)8-4/h1,11-12H,6-10H2,2-4H3. The van der Waals surface area contributed by atoms with Crippen LogP contribution in [0.25, 0.3) is 0 Å². The van der Waals surface area contributed by atoms with Gasteiger partial charge in [0.2, 0.25) is 0 Å². The summed E-state index contributed by atoms with van der Waals surface area (Å²) >= 11 is 0. The minimum absolute atomic E-state index is 0.255. The number of benzene rings is 1. The van der Waals surface area contributed by atoms with E-state index in [0.29, 0.717) is 0 Å². The first-order valence-electron chi connectivity index (χ1n) is 6.97. The van der Waals surface area contributed by atoms with Crippen LogP contribution in [0.5, 0.6) is 5.75 Å². The van der Waals surface area contributed by atoms with Gasteiger partial charge in [-0.2, -0.15) is 0 Å². The first kappa shape index (κ1) is 13.0. The molecule has 1 heterocycles. The summed E-state index contributed by atoms with van der Waals surface area (Å²) in [7, 11) is 0. The molecule has 1 heteroatoms. The fourth-order valence-electron chi connectivity index (χ4n) is 3.06. The fourth-order valence-corrected chi connectivity index (χ4v) is 3.06. The molecule has 0 aliphatic carbocycles.